The Morgan fingerprint density at radius 1 is 1.44 bits per heavy atom. The third kappa shape index (κ3) is 2.71. The molecule has 1 aliphatic heterocycles. The average Bonchev–Trinajstić information content (AvgIpc) is 2.88. The fourth-order valence-corrected chi connectivity index (χ4v) is 4.05. The Bertz CT molecular complexity index is 515. The van der Waals surface area contributed by atoms with Gasteiger partial charge < -0.3 is 0 Å². The van der Waals surface area contributed by atoms with Crippen LogP contribution in [0, 0.1) is 5.92 Å². The Labute approximate surface area is 114 Å². The van der Waals surface area contributed by atoms with Crippen LogP contribution >= 0.6 is 11.6 Å². The van der Waals surface area contributed by atoms with Crippen molar-refractivity contribution < 1.29 is 8.42 Å². The van der Waals surface area contributed by atoms with E-state index >= 15 is 0 Å². The molecule has 100 valence electrons. The first-order chi connectivity index (χ1) is 8.57. The quantitative estimate of drug-likeness (QED) is 0.799. The van der Waals surface area contributed by atoms with Gasteiger partial charge in [0.2, 0.25) is 10.0 Å². The highest BCUT2D eigenvalue weighted by Crippen LogP contribution is 2.26. The second kappa shape index (κ2) is 5.59. The summed E-state index contributed by atoms with van der Waals surface area (Å²) in [6.45, 7) is 3.38. The van der Waals surface area contributed by atoms with Crippen LogP contribution in [-0.4, -0.2) is 25.8 Å². The summed E-state index contributed by atoms with van der Waals surface area (Å²) in [5, 5.41) is 0. The Balaban J connectivity index is 2.25. The molecule has 1 unspecified atom stereocenters. The smallest absolute Gasteiger partial charge is 0.207 e. The van der Waals surface area contributed by atoms with Crippen LogP contribution in [0.3, 0.4) is 0 Å². The van der Waals surface area contributed by atoms with Crippen molar-refractivity contribution in [3.05, 3.63) is 29.8 Å². The molecule has 0 amide bonds. The van der Waals surface area contributed by atoms with Crippen molar-refractivity contribution >= 4 is 21.6 Å². The van der Waals surface area contributed by atoms with E-state index in [2.05, 4.69) is 6.92 Å². The van der Waals surface area contributed by atoms with E-state index in [0.29, 0.717) is 29.8 Å². The Kier molecular flexibility index (Phi) is 4.30. The number of sulfonamides is 1. The van der Waals surface area contributed by atoms with E-state index in [4.69, 9.17) is 11.6 Å². The highest BCUT2D eigenvalue weighted by Gasteiger charge is 2.31. The van der Waals surface area contributed by atoms with Crippen LogP contribution in [0.5, 0.6) is 0 Å². The summed E-state index contributed by atoms with van der Waals surface area (Å²) < 4.78 is 26.5. The van der Waals surface area contributed by atoms with Gasteiger partial charge in [-0.1, -0.05) is 25.5 Å². The lowest BCUT2D eigenvalue weighted by Crippen LogP contribution is -2.28. The van der Waals surface area contributed by atoms with Crippen LogP contribution in [-0.2, 0) is 15.9 Å². The summed E-state index contributed by atoms with van der Waals surface area (Å²) in [5.41, 5.74) is 0.837. The molecule has 0 aromatic heterocycles. The van der Waals surface area contributed by atoms with Crippen molar-refractivity contribution in [2.45, 2.75) is 30.5 Å². The second-order valence-corrected chi connectivity index (χ2v) is 6.91. The number of benzene rings is 1. The summed E-state index contributed by atoms with van der Waals surface area (Å²) in [5.74, 6) is 0.831. The van der Waals surface area contributed by atoms with Crippen molar-refractivity contribution in [2.24, 2.45) is 5.92 Å². The van der Waals surface area contributed by atoms with Crippen molar-refractivity contribution in [2.75, 3.05) is 13.1 Å². The molecular weight excluding hydrogens is 270 g/mol. The third-order valence-electron chi connectivity index (χ3n) is 3.52. The van der Waals surface area contributed by atoms with Crippen LogP contribution in [0.25, 0.3) is 0 Å². The van der Waals surface area contributed by atoms with Crippen LogP contribution in [0.4, 0.5) is 0 Å². The van der Waals surface area contributed by atoms with E-state index < -0.39 is 10.0 Å². The molecule has 0 saturated carbocycles. The molecule has 1 atom stereocenters. The minimum atomic E-state index is -3.34. The van der Waals surface area contributed by atoms with Gasteiger partial charge in [-0.25, -0.2) is 8.42 Å². The first-order valence-corrected chi connectivity index (χ1v) is 8.20. The predicted molar refractivity (Wildman–Crippen MR) is 73.2 cm³/mol. The molecule has 1 aromatic carbocycles. The Morgan fingerprint density at radius 2 is 2.22 bits per heavy atom. The first kappa shape index (κ1) is 13.8. The maximum atomic E-state index is 12.4. The monoisotopic (exact) mass is 287 g/mol. The number of halogens is 1. The minimum Gasteiger partial charge on any atom is -0.207 e. The lowest BCUT2D eigenvalue weighted by Gasteiger charge is -2.16. The molecule has 1 fully saturated rings. The highest BCUT2D eigenvalue weighted by molar-refractivity contribution is 7.89. The zero-order valence-electron chi connectivity index (χ0n) is 10.5. The van der Waals surface area contributed by atoms with Crippen molar-refractivity contribution in [1.29, 1.82) is 0 Å². The first-order valence-electron chi connectivity index (χ1n) is 6.23. The number of hydrogen-bond donors (Lipinski definition) is 0. The predicted octanol–water partition coefficient (Wildman–Crippen LogP) is 2.85. The SMILES string of the molecule is CCC1CCN(S(=O)(=O)c2cccc(CCl)c2)C1. The summed E-state index contributed by atoms with van der Waals surface area (Å²) in [7, 11) is -3.34. The maximum Gasteiger partial charge on any atom is 0.243 e. The van der Waals surface area contributed by atoms with E-state index in [0.717, 1.165) is 18.4 Å². The van der Waals surface area contributed by atoms with E-state index in [1.54, 1.807) is 22.5 Å². The summed E-state index contributed by atoms with van der Waals surface area (Å²) in [4.78, 5) is 0.359. The molecule has 3 nitrogen and oxygen atoms in total. The van der Waals surface area contributed by atoms with Gasteiger partial charge in [0, 0.05) is 19.0 Å². The maximum absolute atomic E-state index is 12.4. The number of alkyl halides is 1. The molecule has 1 aromatic rings. The molecule has 1 aliphatic rings. The zero-order valence-corrected chi connectivity index (χ0v) is 12.0. The lowest BCUT2D eigenvalue weighted by molar-refractivity contribution is 0.453. The molecule has 5 heteroatoms. The molecular formula is C13H18ClNO2S. The molecule has 1 saturated heterocycles. The summed E-state index contributed by atoms with van der Waals surface area (Å²) in [6.07, 6.45) is 2.00. The minimum absolute atomic E-state index is 0.334. The van der Waals surface area contributed by atoms with Crippen LogP contribution in [0.1, 0.15) is 25.3 Å². The molecule has 0 bridgehead atoms. The second-order valence-electron chi connectivity index (χ2n) is 4.71. The zero-order chi connectivity index (χ0) is 13.2. The lowest BCUT2D eigenvalue weighted by atomic mass is 10.1. The van der Waals surface area contributed by atoms with Gasteiger partial charge in [-0.3, -0.25) is 0 Å². The van der Waals surface area contributed by atoms with Crippen LogP contribution < -0.4 is 0 Å². The van der Waals surface area contributed by atoms with E-state index in [1.165, 1.54) is 0 Å². The van der Waals surface area contributed by atoms with E-state index in [1.807, 2.05) is 6.07 Å². The standard InChI is InChI=1S/C13H18ClNO2S/c1-2-11-6-7-15(10-11)18(16,17)13-5-3-4-12(8-13)9-14/h3-5,8,11H,2,6-7,9-10H2,1H3. The van der Waals surface area contributed by atoms with E-state index in [9.17, 15) is 8.42 Å². The van der Waals surface area contributed by atoms with Gasteiger partial charge in [0.05, 0.1) is 4.90 Å². The largest absolute Gasteiger partial charge is 0.243 e. The van der Waals surface area contributed by atoms with Crippen LogP contribution in [0.15, 0.2) is 29.2 Å². The normalized spacial score (nSPS) is 21.3. The van der Waals surface area contributed by atoms with Crippen molar-refractivity contribution in [1.82, 2.24) is 4.31 Å². The molecule has 2 rings (SSSR count). The van der Waals surface area contributed by atoms with Gasteiger partial charge in [0.15, 0.2) is 0 Å². The van der Waals surface area contributed by atoms with Crippen LogP contribution in [0.2, 0.25) is 0 Å². The fourth-order valence-electron chi connectivity index (χ4n) is 2.29. The molecule has 18 heavy (non-hydrogen) atoms. The van der Waals surface area contributed by atoms with Gasteiger partial charge in [-0.15, -0.1) is 11.6 Å². The van der Waals surface area contributed by atoms with Gasteiger partial charge in [0.25, 0.3) is 0 Å². The number of rotatable bonds is 4. The summed E-state index contributed by atoms with van der Waals surface area (Å²) in [6, 6.07) is 6.90. The highest BCUT2D eigenvalue weighted by atomic mass is 35.5. The van der Waals surface area contributed by atoms with E-state index in [-0.39, 0.29) is 0 Å². The van der Waals surface area contributed by atoms with Gasteiger partial charge in [0.1, 0.15) is 0 Å². The molecule has 0 radical (unpaired) electrons. The van der Waals surface area contributed by atoms with Gasteiger partial charge in [-0.05, 0) is 30.0 Å². The Hall–Kier alpha value is -0.580. The molecule has 1 heterocycles. The fraction of sp³-hybridized carbons (Fsp3) is 0.538. The molecule has 0 N–H and O–H groups in total. The third-order valence-corrected chi connectivity index (χ3v) is 5.69. The average molecular weight is 288 g/mol. The number of nitrogens with zero attached hydrogens (tertiary/aromatic N) is 1. The van der Waals surface area contributed by atoms with Gasteiger partial charge in [-0.2, -0.15) is 4.31 Å². The summed E-state index contributed by atoms with van der Waals surface area (Å²) >= 11 is 5.75. The van der Waals surface area contributed by atoms with Gasteiger partial charge >= 0.3 is 0 Å². The topological polar surface area (TPSA) is 37.4 Å². The number of hydrogen-bond acceptors (Lipinski definition) is 2. The molecule has 0 aliphatic carbocycles. The Morgan fingerprint density at radius 3 is 2.83 bits per heavy atom. The van der Waals surface area contributed by atoms with Crippen molar-refractivity contribution in [3.63, 3.8) is 0 Å². The molecule has 0 spiro atoms. The van der Waals surface area contributed by atoms with Crippen molar-refractivity contribution in [3.8, 4) is 0 Å².